The maximum absolute atomic E-state index is 5.52. The van der Waals surface area contributed by atoms with Crippen LogP contribution in [0.4, 0.5) is 5.82 Å². The van der Waals surface area contributed by atoms with Gasteiger partial charge in [0.2, 0.25) is 0 Å². The van der Waals surface area contributed by atoms with Crippen molar-refractivity contribution in [3.63, 3.8) is 0 Å². The molecule has 0 amide bonds. The van der Waals surface area contributed by atoms with Gasteiger partial charge in [0.25, 0.3) is 0 Å². The van der Waals surface area contributed by atoms with E-state index < -0.39 is 0 Å². The zero-order valence-electron chi connectivity index (χ0n) is 13.5. The fourth-order valence-electron chi connectivity index (χ4n) is 2.45. The summed E-state index contributed by atoms with van der Waals surface area (Å²) in [5.74, 6) is 5.27. The lowest BCUT2D eigenvalue weighted by Crippen LogP contribution is -2.27. The van der Waals surface area contributed by atoms with Crippen molar-refractivity contribution < 1.29 is 0 Å². The van der Waals surface area contributed by atoms with Gasteiger partial charge in [-0.3, -0.25) is 0 Å². The number of terminal acetylenes is 1. The molecule has 3 nitrogen and oxygen atoms in total. The van der Waals surface area contributed by atoms with Gasteiger partial charge < -0.3 is 10.2 Å². The minimum atomic E-state index is 0.645. The van der Waals surface area contributed by atoms with Gasteiger partial charge in [-0.15, -0.1) is 6.42 Å². The molecule has 1 N–H and O–H groups in total. The van der Waals surface area contributed by atoms with Gasteiger partial charge in [-0.1, -0.05) is 19.8 Å². The van der Waals surface area contributed by atoms with Crippen LogP contribution in [-0.2, 0) is 6.54 Å². The molecule has 1 fully saturated rings. The summed E-state index contributed by atoms with van der Waals surface area (Å²) in [6, 6.07) is 4.34. The smallest absolute Gasteiger partial charge is 0.129 e. The molecule has 21 heavy (non-hydrogen) atoms. The monoisotopic (exact) mass is 285 g/mol. The first-order valence-corrected chi connectivity index (χ1v) is 7.95. The average Bonchev–Trinajstić information content (AvgIpc) is 3.21. The summed E-state index contributed by atoms with van der Waals surface area (Å²) in [5, 5.41) is 3.49. The standard InChI is InChI=1S/C18H27N3/c1-5-8-21(13-16-6-7-16)18-10-17(9-15(4)20-18)12-19-11-14(2)3/h1,9-10,14,16,19H,6-8,11-13H2,2-4H3. The fraction of sp³-hybridized carbons (Fsp3) is 0.611. The quantitative estimate of drug-likeness (QED) is 0.744. The second-order valence-corrected chi connectivity index (χ2v) is 6.53. The number of anilines is 1. The van der Waals surface area contributed by atoms with Crippen LogP contribution in [0.25, 0.3) is 0 Å². The van der Waals surface area contributed by atoms with E-state index in [0.717, 1.165) is 37.1 Å². The molecule has 114 valence electrons. The summed E-state index contributed by atoms with van der Waals surface area (Å²) in [5.41, 5.74) is 2.35. The van der Waals surface area contributed by atoms with Crippen LogP contribution in [0.5, 0.6) is 0 Å². The highest BCUT2D eigenvalue weighted by Gasteiger charge is 2.24. The molecule has 3 heteroatoms. The number of hydrogen-bond donors (Lipinski definition) is 1. The molecule has 0 aliphatic heterocycles. The van der Waals surface area contributed by atoms with E-state index in [1.807, 2.05) is 0 Å². The highest BCUT2D eigenvalue weighted by atomic mass is 15.2. The maximum Gasteiger partial charge on any atom is 0.129 e. The van der Waals surface area contributed by atoms with Crippen LogP contribution >= 0.6 is 0 Å². The Labute approximate surface area is 129 Å². The molecular formula is C18H27N3. The lowest BCUT2D eigenvalue weighted by Gasteiger charge is -2.22. The molecule has 0 spiro atoms. The van der Waals surface area contributed by atoms with Crippen LogP contribution < -0.4 is 10.2 Å². The molecule has 1 aromatic heterocycles. The number of pyridine rings is 1. The first-order chi connectivity index (χ1) is 10.1. The van der Waals surface area contributed by atoms with Crippen LogP contribution in [0.2, 0.25) is 0 Å². The molecule has 2 rings (SSSR count). The van der Waals surface area contributed by atoms with E-state index >= 15 is 0 Å². The third-order valence-electron chi connectivity index (χ3n) is 3.66. The Kier molecular flexibility index (Phi) is 5.64. The maximum atomic E-state index is 5.52. The van der Waals surface area contributed by atoms with Crippen molar-refractivity contribution in [2.45, 2.75) is 40.2 Å². The van der Waals surface area contributed by atoms with Gasteiger partial charge in [0.15, 0.2) is 0 Å². The van der Waals surface area contributed by atoms with E-state index in [9.17, 15) is 0 Å². The van der Waals surface area contributed by atoms with Crippen molar-refractivity contribution in [2.75, 3.05) is 24.5 Å². The Morgan fingerprint density at radius 1 is 1.43 bits per heavy atom. The van der Waals surface area contributed by atoms with Gasteiger partial charge in [-0.25, -0.2) is 4.98 Å². The number of aromatic nitrogens is 1. The number of hydrogen-bond acceptors (Lipinski definition) is 3. The number of nitrogens with zero attached hydrogens (tertiary/aromatic N) is 2. The third kappa shape index (κ3) is 5.40. The van der Waals surface area contributed by atoms with E-state index in [2.05, 4.69) is 54.0 Å². The van der Waals surface area contributed by atoms with Crippen LogP contribution in [0.1, 0.15) is 37.9 Å². The van der Waals surface area contributed by atoms with Gasteiger partial charge in [0, 0.05) is 18.8 Å². The molecule has 1 aliphatic rings. The van der Waals surface area contributed by atoms with Crippen molar-refractivity contribution in [1.29, 1.82) is 0 Å². The Balaban J connectivity index is 2.06. The zero-order valence-corrected chi connectivity index (χ0v) is 13.5. The molecule has 0 saturated heterocycles. The molecule has 0 unspecified atom stereocenters. The van der Waals surface area contributed by atoms with Crippen molar-refractivity contribution in [3.05, 3.63) is 23.4 Å². The van der Waals surface area contributed by atoms with E-state index in [4.69, 9.17) is 6.42 Å². The predicted molar refractivity (Wildman–Crippen MR) is 89.3 cm³/mol. The second-order valence-electron chi connectivity index (χ2n) is 6.53. The molecular weight excluding hydrogens is 258 g/mol. The van der Waals surface area contributed by atoms with Crippen molar-refractivity contribution in [1.82, 2.24) is 10.3 Å². The highest BCUT2D eigenvalue weighted by Crippen LogP contribution is 2.31. The topological polar surface area (TPSA) is 28.2 Å². The van der Waals surface area contributed by atoms with E-state index in [1.54, 1.807) is 0 Å². The molecule has 1 saturated carbocycles. The fourth-order valence-corrected chi connectivity index (χ4v) is 2.45. The van der Waals surface area contributed by atoms with E-state index in [0.29, 0.717) is 12.5 Å². The van der Waals surface area contributed by atoms with Crippen LogP contribution in [0, 0.1) is 31.1 Å². The second kappa shape index (κ2) is 7.47. The predicted octanol–water partition coefficient (Wildman–Crippen LogP) is 2.99. The van der Waals surface area contributed by atoms with E-state index in [-0.39, 0.29) is 0 Å². The summed E-state index contributed by atoms with van der Waals surface area (Å²) < 4.78 is 0. The summed E-state index contributed by atoms with van der Waals surface area (Å²) >= 11 is 0. The molecule has 0 bridgehead atoms. The molecule has 1 heterocycles. The lowest BCUT2D eigenvalue weighted by atomic mass is 10.2. The number of aryl methyl sites for hydroxylation is 1. The number of rotatable bonds is 8. The molecule has 1 aliphatic carbocycles. The summed E-state index contributed by atoms with van der Waals surface area (Å²) in [6.45, 7) is 10.1. The zero-order chi connectivity index (χ0) is 15.2. The highest BCUT2D eigenvalue weighted by molar-refractivity contribution is 5.44. The lowest BCUT2D eigenvalue weighted by molar-refractivity contribution is 0.552. The van der Waals surface area contributed by atoms with Gasteiger partial charge in [0.05, 0.1) is 6.54 Å². The summed E-state index contributed by atoms with van der Waals surface area (Å²) in [7, 11) is 0. The van der Waals surface area contributed by atoms with Gasteiger partial charge in [0.1, 0.15) is 5.82 Å². The van der Waals surface area contributed by atoms with Gasteiger partial charge in [-0.2, -0.15) is 0 Å². The first kappa shape index (κ1) is 15.9. The minimum absolute atomic E-state index is 0.645. The average molecular weight is 285 g/mol. The molecule has 1 aromatic rings. The summed E-state index contributed by atoms with van der Waals surface area (Å²) in [6.07, 6.45) is 8.18. The Morgan fingerprint density at radius 3 is 2.81 bits per heavy atom. The minimum Gasteiger partial charge on any atom is -0.345 e. The third-order valence-corrected chi connectivity index (χ3v) is 3.66. The molecule has 0 aromatic carbocycles. The van der Waals surface area contributed by atoms with E-state index in [1.165, 1.54) is 18.4 Å². The van der Waals surface area contributed by atoms with Gasteiger partial charge >= 0.3 is 0 Å². The van der Waals surface area contributed by atoms with Crippen molar-refractivity contribution in [3.8, 4) is 12.3 Å². The normalized spacial score (nSPS) is 14.2. The van der Waals surface area contributed by atoms with Crippen LogP contribution in [0.3, 0.4) is 0 Å². The van der Waals surface area contributed by atoms with Crippen LogP contribution in [0.15, 0.2) is 12.1 Å². The molecule has 0 atom stereocenters. The first-order valence-electron chi connectivity index (χ1n) is 7.95. The Hall–Kier alpha value is -1.53. The largest absolute Gasteiger partial charge is 0.345 e. The number of nitrogens with one attached hydrogen (secondary N) is 1. The van der Waals surface area contributed by atoms with Crippen LogP contribution in [-0.4, -0.2) is 24.6 Å². The van der Waals surface area contributed by atoms with Crippen molar-refractivity contribution >= 4 is 5.82 Å². The Morgan fingerprint density at radius 2 is 2.19 bits per heavy atom. The molecule has 0 radical (unpaired) electrons. The SMILES string of the molecule is C#CCN(CC1CC1)c1cc(CNCC(C)C)cc(C)n1. The van der Waals surface area contributed by atoms with Gasteiger partial charge in [-0.05, 0) is 55.8 Å². The Bertz CT molecular complexity index is 498. The summed E-state index contributed by atoms with van der Waals surface area (Å²) in [4.78, 5) is 6.93. The van der Waals surface area contributed by atoms with Crippen molar-refractivity contribution in [2.24, 2.45) is 11.8 Å².